The second kappa shape index (κ2) is 9.90. The molecule has 182 valence electrons. The molecule has 5 rings (SSSR count). The SMILES string of the molecule is COC(=O)c1ncc(C#Cc2ccccc2NS(=O)(=O)c2cccc3c(Cl)ccnc23)c2ccccc12. The lowest BCUT2D eigenvalue weighted by atomic mass is 10.0. The molecule has 0 bridgehead atoms. The van der Waals surface area contributed by atoms with Crippen molar-refractivity contribution in [3.63, 3.8) is 0 Å². The van der Waals surface area contributed by atoms with Gasteiger partial charge in [0, 0.05) is 34.1 Å². The molecule has 0 amide bonds. The van der Waals surface area contributed by atoms with Crippen molar-refractivity contribution in [3.8, 4) is 11.8 Å². The Kier molecular flexibility index (Phi) is 6.49. The van der Waals surface area contributed by atoms with E-state index in [4.69, 9.17) is 16.3 Å². The third-order valence-electron chi connectivity index (χ3n) is 5.65. The second-order valence-corrected chi connectivity index (χ2v) is 9.96. The first-order chi connectivity index (χ1) is 17.9. The normalized spacial score (nSPS) is 11.1. The summed E-state index contributed by atoms with van der Waals surface area (Å²) < 4.78 is 34.2. The standard InChI is InChI=1S/C28H18ClN3O4S/c1-36-28(33)27-21-9-4-3-8-20(21)19(17-31-27)14-13-18-7-2-5-11-24(18)32-37(34,35)25-12-6-10-22-23(29)15-16-30-26(22)25/h2-12,15-17,32H,1H3. The van der Waals surface area contributed by atoms with Crippen molar-refractivity contribution in [1.29, 1.82) is 0 Å². The molecule has 7 nitrogen and oxygen atoms in total. The number of hydrogen-bond donors (Lipinski definition) is 1. The molecule has 0 unspecified atom stereocenters. The van der Waals surface area contributed by atoms with E-state index >= 15 is 0 Å². The Morgan fingerprint density at radius 3 is 2.38 bits per heavy atom. The lowest BCUT2D eigenvalue weighted by Crippen LogP contribution is -2.14. The van der Waals surface area contributed by atoms with Gasteiger partial charge in [-0.2, -0.15) is 0 Å². The number of esters is 1. The Balaban J connectivity index is 1.55. The Labute approximate surface area is 218 Å². The van der Waals surface area contributed by atoms with Crippen LogP contribution in [-0.4, -0.2) is 31.5 Å². The van der Waals surface area contributed by atoms with Crippen molar-refractivity contribution in [2.45, 2.75) is 4.90 Å². The zero-order valence-corrected chi connectivity index (χ0v) is 21.0. The number of pyridine rings is 2. The highest BCUT2D eigenvalue weighted by Gasteiger charge is 2.20. The summed E-state index contributed by atoms with van der Waals surface area (Å²) in [6, 6.07) is 20.5. The van der Waals surface area contributed by atoms with Gasteiger partial charge in [0.25, 0.3) is 10.0 Å². The van der Waals surface area contributed by atoms with Crippen LogP contribution < -0.4 is 4.72 Å². The molecular weight excluding hydrogens is 510 g/mol. The number of para-hydroxylation sites is 2. The van der Waals surface area contributed by atoms with E-state index in [-0.39, 0.29) is 16.1 Å². The molecule has 0 aliphatic heterocycles. The van der Waals surface area contributed by atoms with E-state index in [2.05, 4.69) is 26.5 Å². The van der Waals surface area contributed by atoms with E-state index in [0.29, 0.717) is 32.6 Å². The number of ether oxygens (including phenoxy) is 1. The minimum Gasteiger partial charge on any atom is -0.464 e. The van der Waals surface area contributed by atoms with Crippen LogP contribution in [0.2, 0.25) is 5.02 Å². The molecule has 5 aromatic rings. The van der Waals surface area contributed by atoms with Gasteiger partial charge in [-0.15, -0.1) is 0 Å². The van der Waals surface area contributed by atoms with Crippen LogP contribution in [0.25, 0.3) is 21.7 Å². The van der Waals surface area contributed by atoms with Gasteiger partial charge < -0.3 is 4.74 Å². The Hall–Kier alpha value is -4.45. The molecule has 9 heteroatoms. The van der Waals surface area contributed by atoms with Gasteiger partial charge in [-0.3, -0.25) is 9.71 Å². The molecular formula is C28H18ClN3O4S. The molecule has 2 heterocycles. The average Bonchev–Trinajstić information content (AvgIpc) is 2.91. The number of benzene rings is 3. The van der Waals surface area contributed by atoms with Gasteiger partial charge in [0.15, 0.2) is 5.69 Å². The minimum absolute atomic E-state index is 0.00357. The van der Waals surface area contributed by atoms with Gasteiger partial charge in [0.05, 0.1) is 28.9 Å². The third-order valence-corrected chi connectivity index (χ3v) is 7.37. The molecule has 0 saturated carbocycles. The molecule has 0 aliphatic carbocycles. The molecule has 1 N–H and O–H groups in total. The van der Waals surface area contributed by atoms with Gasteiger partial charge in [-0.25, -0.2) is 18.2 Å². The van der Waals surface area contributed by atoms with Crippen LogP contribution in [0.3, 0.4) is 0 Å². The molecule has 0 saturated heterocycles. The fourth-order valence-electron chi connectivity index (χ4n) is 3.90. The van der Waals surface area contributed by atoms with Gasteiger partial charge in [-0.1, -0.05) is 72.0 Å². The first kappa shape index (κ1) is 24.3. The van der Waals surface area contributed by atoms with Crippen molar-refractivity contribution in [1.82, 2.24) is 9.97 Å². The van der Waals surface area contributed by atoms with Crippen LogP contribution in [0.15, 0.2) is 90.1 Å². The van der Waals surface area contributed by atoms with Gasteiger partial charge >= 0.3 is 5.97 Å². The number of anilines is 1. The fourth-order valence-corrected chi connectivity index (χ4v) is 5.36. The number of hydrogen-bond acceptors (Lipinski definition) is 6. The lowest BCUT2D eigenvalue weighted by molar-refractivity contribution is 0.0596. The maximum atomic E-state index is 13.4. The number of sulfonamides is 1. The molecule has 2 aromatic heterocycles. The number of aromatic nitrogens is 2. The number of nitrogens with zero attached hydrogens (tertiary/aromatic N) is 2. The predicted molar refractivity (Wildman–Crippen MR) is 143 cm³/mol. The van der Waals surface area contributed by atoms with Crippen molar-refractivity contribution in [3.05, 3.63) is 107 Å². The number of fused-ring (bicyclic) bond motifs is 2. The van der Waals surface area contributed by atoms with Crippen LogP contribution in [0.4, 0.5) is 5.69 Å². The number of methoxy groups -OCH3 is 1. The van der Waals surface area contributed by atoms with Crippen molar-refractivity contribution in [2.75, 3.05) is 11.8 Å². The van der Waals surface area contributed by atoms with E-state index in [9.17, 15) is 13.2 Å². The smallest absolute Gasteiger partial charge is 0.357 e. The molecule has 0 spiro atoms. The Morgan fingerprint density at radius 1 is 0.865 bits per heavy atom. The fraction of sp³-hybridized carbons (Fsp3) is 0.0357. The zero-order chi connectivity index (χ0) is 26.0. The van der Waals surface area contributed by atoms with Gasteiger partial charge in [0.1, 0.15) is 4.90 Å². The number of carbonyl (C=O) groups is 1. The van der Waals surface area contributed by atoms with E-state index in [1.54, 1.807) is 54.6 Å². The van der Waals surface area contributed by atoms with E-state index in [0.717, 1.165) is 5.39 Å². The summed E-state index contributed by atoms with van der Waals surface area (Å²) in [5.41, 5.74) is 1.81. The molecule has 0 radical (unpaired) electrons. The first-order valence-corrected chi connectivity index (χ1v) is 12.9. The van der Waals surface area contributed by atoms with E-state index in [1.807, 2.05) is 12.1 Å². The topological polar surface area (TPSA) is 98.2 Å². The summed E-state index contributed by atoms with van der Waals surface area (Å²) in [6.07, 6.45) is 2.97. The number of halogens is 1. The number of rotatable bonds is 4. The van der Waals surface area contributed by atoms with E-state index < -0.39 is 16.0 Å². The Morgan fingerprint density at radius 2 is 1.57 bits per heavy atom. The van der Waals surface area contributed by atoms with Crippen LogP contribution in [0.5, 0.6) is 0 Å². The zero-order valence-electron chi connectivity index (χ0n) is 19.4. The summed E-state index contributed by atoms with van der Waals surface area (Å²) in [5.74, 6) is 5.55. The summed E-state index contributed by atoms with van der Waals surface area (Å²) in [4.78, 5) is 20.6. The van der Waals surface area contributed by atoms with Crippen molar-refractivity contribution >= 4 is 55.0 Å². The van der Waals surface area contributed by atoms with Gasteiger partial charge in [0.2, 0.25) is 0 Å². The summed E-state index contributed by atoms with van der Waals surface area (Å²) in [7, 11) is -2.72. The largest absolute Gasteiger partial charge is 0.464 e. The number of nitrogens with one attached hydrogen (secondary N) is 1. The summed E-state index contributed by atoms with van der Waals surface area (Å²) in [6.45, 7) is 0. The highest BCUT2D eigenvalue weighted by atomic mass is 35.5. The Bertz CT molecular complexity index is 1860. The van der Waals surface area contributed by atoms with Crippen LogP contribution in [0, 0.1) is 11.8 Å². The average molecular weight is 528 g/mol. The summed E-state index contributed by atoms with van der Waals surface area (Å²) >= 11 is 6.24. The molecule has 37 heavy (non-hydrogen) atoms. The summed E-state index contributed by atoms with van der Waals surface area (Å²) in [5, 5.41) is 2.28. The van der Waals surface area contributed by atoms with E-state index in [1.165, 1.54) is 25.6 Å². The van der Waals surface area contributed by atoms with Crippen molar-refractivity contribution in [2.24, 2.45) is 0 Å². The quantitative estimate of drug-likeness (QED) is 0.247. The van der Waals surface area contributed by atoms with Gasteiger partial charge in [-0.05, 0) is 24.3 Å². The number of carbonyl (C=O) groups excluding carboxylic acids is 1. The second-order valence-electron chi connectivity index (χ2n) is 7.90. The minimum atomic E-state index is -4.02. The monoisotopic (exact) mass is 527 g/mol. The maximum Gasteiger partial charge on any atom is 0.357 e. The van der Waals surface area contributed by atoms with Crippen molar-refractivity contribution < 1.29 is 17.9 Å². The molecule has 0 fully saturated rings. The van der Waals surface area contributed by atoms with Crippen LogP contribution in [0.1, 0.15) is 21.6 Å². The highest BCUT2D eigenvalue weighted by Crippen LogP contribution is 2.29. The molecule has 0 atom stereocenters. The molecule has 3 aromatic carbocycles. The van der Waals surface area contributed by atoms with Crippen LogP contribution >= 0.6 is 11.6 Å². The maximum absolute atomic E-state index is 13.4. The lowest BCUT2D eigenvalue weighted by Gasteiger charge is -2.12. The predicted octanol–water partition coefficient (Wildman–Crippen LogP) is 5.42. The molecule has 0 aliphatic rings. The highest BCUT2D eigenvalue weighted by molar-refractivity contribution is 7.93. The first-order valence-electron chi connectivity index (χ1n) is 11.0. The third kappa shape index (κ3) is 4.70. The van der Waals surface area contributed by atoms with Crippen LogP contribution in [-0.2, 0) is 14.8 Å².